The second-order valence-corrected chi connectivity index (χ2v) is 6.67. The van der Waals surface area contributed by atoms with Gasteiger partial charge >= 0.3 is 0 Å². The first-order chi connectivity index (χ1) is 9.38. The Balaban J connectivity index is 2.58. The van der Waals surface area contributed by atoms with Crippen LogP contribution >= 0.6 is 0 Å². The summed E-state index contributed by atoms with van der Waals surface area (Å²) in [7, 11) is 1.73. The van der Waals surface area contributed by atoms with Crippen LogP contribution in [-0.4, -0.2) is 20.3 Å². The molecule has 0 amide bonds. The van der Waals surface area contributed by atoms with Crippen molar-refractivity contribution in [1.82, 2.24) is 5.32 Å². The van der Waals surface area contributed by atoms with Crippen molar-refractivity contribution in [3.05, 3.63) is 23.3 Å². The van der Waals surface area contributed by atoms with E-state index >= 15 is 0 Å². The zero-order valence-electron chi connectivity index (χ0n) is 13.5. The lowest BCUT2D eigenvalue weighted by molar-refractivity contribution is 0.185. The van der Waals surface area contributed by atoms with E-state index in [0.717, 1.165) is 24.7 Å². The minimum atomic E-state index is 0.0377. The molecule has 0 bridgehead atoms. The van der Waals surface area contributed by atoms with Gasteiger partial charge in [0.2, 0.25) is 0 Å². The fraction of sp³-hybridized carbons (Fsp3) is 0.647. The molecule has 2 unspecified atom stereocenters. The molecular formula is C17H27NO2. The third kappa shape index (κ3) is 2.78. The quantitative estimate of drug-likeness (QED) is 0.914. The average Bonchev–Trinajstić information content (AvgIpc) is 2.39. The third-order valence-corrected chi connectivity index (χ3v) is 3.95. The van der Waals surface area contributed by atoms with E-state index in [1.165, 1.54) is 11.1 Å². The Morgan fingerprint density at radius 1 is 1.35 bits per heavy atom. The summed E-state index contributed by atoms with van der Waals surface area (Å²) in [6.07, 6.45) is 0. The molecule has 0 aromatic heterocycles. The molecule has 112 valence electrons. The van der Waals surface area contributed by atoms with E-state index in [-0.39, 0.29) is 5.41 Å². The molecule has 0 saturated heterocycles. The van der Waals surface area contributed by atoms with Crippen molar-refractivity contribution in [2.24, 2.45) is 5.92 Å². The molecule has 0 aliphatic carbocycles. The van der Waals surface area contributed by atoms with Gasteiger partial charge < -0.3 is 14.8 Å². The first-order valence-electron chi connectivity index (χ1n) is 7.47. The van der Waals surface area contributed by atoms with Gasteiger partial charge in [-0.15, -0.1) is 0 Å². The van der Waals surface area contributed by atoms with E-state index in [4.69, 9.17) is 9.47 Å². The van der Waals surface area contributed by atoms with Gasteiger partial charge in [-0.2, -0.15) is 0 Å². The smallest absolute Gasteiger partial charge is 0.128 e. The van der Waals surface area contributed by atoms with Crippen LogP contribution in [0.2, 0.25) is 0 Å². The Hall–Kier alpha value is -1.22. The number of rotatable bonds is 3. The lowest BCUT2D eigenvalue weighted by atomic mass is 9.81. The standard InChI is InChI=1S/C17H27NO2/c1-7-18-15-11(2)10-20-16-13(15)8-12(19-6)9-14(16)17(3,4)5/h8-9,11,15,18H,7,10H2,1-6H3. The van der Waals surface area contributed by atoms with Gasteiger partial charge in [0.25, 0.3) is 0 Å². The van der Waals surface area contributed by atoms with Crippen molar-refractivity contribution < 1.29 is 9.47 Å². The van der Waals surface area contributed by atoms with Crippen molar-refractivity contribution in [2.45, 2.75) is 46.1 Å². The molecule has 0 radical (unpaired) electrons. The number of methoxy groups -OCH3 is 1. The molecule has 1 aliphatic rings. The summed E-state index contributed by atoms with van der Waals surface area (Å²) < 4.78 is 11.6. The maximum Gasteiger partial charge on any atom is 0.128 e. The topological polar surface area (TPSA) is 30.5 Å². The number of hydrogen-bond acceptors (Lipinski definition) is 3. The van der Waals surface area contributed by atoms with Gasteiger partial charge in [-0.1, -0.05) is 34.6 Å². The van der Waals surface area contributed by atoms with E-state index in [9.17, 15) is 0 Å². The van der Waals surface area contributed by atoms with Crippen LogP contribution in [0.5, 0.6) is 11.5 Å². The van der Waals surface area contributed by atoms with Gasteiger partial charge in [0.1, 0.15) is 11.5 Å². The van der Waals surface area contributed by atoms with Crippen LogP contribution in [0.15, 0.2) is 12.1 Å². The van der Waals surface area contributed by atoms with Gasteiger partial charge in [-0.3, -0.25) is 0 Å². The fourth-order valence-corrected chi connectivity index (χ4v) is 2.84. The zero-order chi connectivity index (χ0) is 14.9. The van der Waals surface area contributed by atoms with Crippen LogP contribution in [0.3, 0.4) is 0 Å². The van der Waals surface area contributed by atoms with Gasteiger partial charge in [0.15, 0.2) is 0 Å². The fourth-order valence-electron chi connectivity index (χ4n) is 2.84. The molecule has 1 N–H and O–H groups in total. The van der Waals surface area contributed by atoms with Crippen LogP contribution < -0.4 is 14.8 Å². The van der Waals surface area contributed by atoms with E-state index in [1.807, 2.05) is 0 Å². The summed E-state index contributed by atoms with van der Waals surface area (Å²) in [5.74, 6) is 2.42. The Bertz CT molecular complexity index is 477. The van der Waals surface area contributed by atoms with Crippen LogP contribution in [0.25, 0.3) is 0 Å². The van der Waals surface area contributed by atoms with Crippen molar-refractivity contribution in [3.8, 4) is 11.5 Å². The number of ether oxygens (including phenoxy) is 2. The predicted octanol–water partition coefficient (Wildman–Crippen LogP) is 3.67. The lowest BCUT2D eigenvalue weighted by Gasteiger charge is -2.36. The second kappa shape index (κ2) is 5.65. The summed E-state index contributed by atoms with van der Waals surface area (Å²) in [5.41, 5.74) is 2.49. The van der Waals surface area contributed by atoms with Crippen LogP contribution in [0.1, 0.15) is 51.8 Å². The Labute approximate surface area is 122 Å². The van der Waals surface area contributed by atoms with Crippen LogP contribution in [0, 0.1) is 5.92 Å². The largest absolute Gasteiger partial charge is 0.497 e. The van der Waals surface area contributed by atoms with Crippen molar-refractivity contribution in [2.75, 3.05) is 20.3 Å². The first-order valence-corrected chi connectivity index (χ1v) is 7.47. The van der Waals surface area contributed by atoms with Gasteiger partial charge in [-0.05, 0) is 24.1 Å². The highest BCUT2D eigenvalue weighted by Gasteiger charge is 2.32. The maximum absolute atomic E-state index is 6.07. The van der Waals surface area contributed by atoms with Crippen molar-refractivity contribution >= 4 is 0 Å². The molecule has 1 aromatic carbocycles. The van der Waals surface area contributed by atoms with Crippen LogP contribution in [-0.2, 0) is 5.41 Å². The van der Waals surface area contributed by atoms with E-state index in [2.05, 4.69) is 52.1 Å². The number of fused-ring (bicyclic) bond motifs is 1. The monoisotopic (exact) mass is 277 g/mol. The Kier molecular flexibility index (Phi) is 4.28. The molecule has 0 saturated carbocycles. The molecule has 1 heterocycles. The van der Waals surface area contributed by atoms with Crippen molar-refractivity contribution in [3.63, 3.8) is 0 Å². The normalized spacial score (nSPS) is 22.1. The van der Waals surface area contributed by atoms with Gasteiger partial charge in [-0.25, -0.2) is 0 Å². The molecule has 20 heavy (non-hydrogen) atoms. The molecule has 3 heteroatoms. The molecule has 1 aliphatic heterocycles. The number of benzene rings is 1. The minimum Gasteiger partial charge on any atom is -0.497 e. The summed E-state index contributed by atoms with van der Waals surface area (Å²) in [6, 6.07) is 4.56. The molecule has 3 nitrogen and oxygen atoms in total. The molecular weight excluding hydrogens is 250 g/mol. The summed E-state index contributed by atoms with van der Waals surface area (Å²) in [4.78, 5) is 0. The molecule has 0 spiro atoms. The highest BCUT2D eigenvalue weighted by atomic mass is 16.5. The predicted molar refractivity (Wildman–Crippen MR) is 82.8 cm³/mol. The van der Waals surface area contributed by atoms with Gasteiger partial charge in [0, 0.05) is 23.1 Å². The third-order valence-electron chi connectivity index (χ3n) is 3.95. The molecule has 0 fully saturated rings. The number of hydrogen-bond donors (Lipinski definition) is 1. The highest BCUT2D eigenvalue weighted by Crippen LogP contribution is 2.44. The lowest BCUT2D eigenvalue weighted by Crippen LogP contribution is -2.35. The van der Waals surface area contributed by atoms with Gasteiger partial charge in [0.05, 0.1) is 13.7 Å². The molecule has 2 rings (SSSR count). The van der Waals surface area contributed by atoms with Crippen LogP contribution in [0.4, 0.5) is 0 Å². The second-order valence-electron chi connectivity index (χ2n) is 6.67. The van der Waals surface area contributed by atoms with E-state index in [1.54, 1.807) is 7.11 Å². The van der Waals surface area contributed by atoms with Crippen molar-refractivity contribution in [1.29, 1.82) is 0 Å². The summed E-state index contributed by atoms with van der Waals surface area (Å²) >= 11 is 0. The number of nitrogens with one attached hydrogen (secondary N) is 1. The highest BCUT2D eigenvalue weighted by molar-refractivity contribution is 5.52. The zero-order valence-corrected chi connectivity index (χ0v) is 13.5. The molecule has 1 aromatic rings. The first kappa shape index (κ1) is 15.2. The summed E-state index contributed by atoms with van der Waals surface area (Å²) in [5, 5.41) is 3.58. The summed E-state index contributed by atoms with van der Waals surface area (Å²) in [6.45, 7) is 12.7. The SMILES string of the molecule is CCNC1c2cc(OC)cc(C(C)(C)C)c2OCC1C. The minimum absolute atomic E-state index is 0.0377. The molecule has 2 atom stereocenters. The van der Waals surface area contributed by atoms with E-state index < -0.39 is 0 Å². The Morgan fingerprint density at radius 2 is 2.05 bits per heavy atom. The average molecular weight is 277 g/mol. The maximum atomic E-state index is 6.07. The van der Waals surface area contributed by atoms with E-state index in [0.29, 0.717) is 12.0 Å². The Morgan fingerprint density at radius 3 is 2.60 bits per heavy atom.